The van der Waals surface area contributed by atoms with Gasteiger partial charge in [-0.15, -0.1) is 0 Å². The Balaban J connectivity index is 1.56. The van der Waals surface area contributed by atoms with Crippen molar-refractivity contribution >= 4 is 44.6 Å². The van der Waals surface area contributed by atoms with E-state index in [9.17, 15) is 14.4 Å². The number of halogens is 1. The van der Waals surface area contributed by atoms with Gasteiger partial charge in [0.2, 0.25) is 5.91 Å². The maximum atomic E-state index is 13.0. The topological polar surface area (TPSA) is 137 Å². The number of aromatic amines is 2. The summed E-state index contributed by atoms with van der Waals surface area (Å²) < 4.78 is 0.883. The van der Waals surface area contributed by atoms with E-state index in [0.29, 0.717) is 24.2 Å². The third-order valence-electron chi connectivity index (χ3n) is 4.69. The molecule has 9 nitrogen and oxygen atoms in total. The maximum Gasteiger partial charge on any atom is 0.272 e. The Kier molecular flexibility index (Phi) is 4.63. The van der Waals surface area contributed by atoms with Gasteiger partial charge in [-0.3, -0.25) is 19.5 Å². The molecule has 2 aromatic heterocycles. The number of benzene rings is 1. The number of nitrogens with one attached hydrogen (secondary N) is 3. The van der Waals surface area contributed by atoms with E-state index in [1.807, 2.05) is 24.3 Å². The van der Waals surface area contributed by atoms with E-state index in [-0.39, 0.29) is 24.7 Å². The first-order valence-electron chi connectivity index (χ1n) is 8.63. The van der Waals surface area contributed by atoms with Crippen LogP contribution in [0.2, 0.25) is 0 Å². The molecule has 0 radical (unpaired) electrons. The molecule has 0 fully saturated rings. The van der Waals surface area contributed by atoms with E-state index in [2.05, 4.69) is 36.4 Å². The Morgan fingerprint density at radius 1 is 1.32 bits per heavy atom. The number of nitrogens with two attached hydrogens (primary N) is 1. The number of carbonyl (C=O) groups is 3. The highest BCUT2D eigenvalue weighted by atomic mass is 79.9. The lowest BCUT2D eigenvalue weighted by Crippen LogP contribution is -2.38. The summed E-state index contributed by atoms with van der Waals surface area (Å²) in [7, 11) is 0. The van der Waals surface area contributed by atoms with Crippen molar-refractivity contribution < 1.29 is 14.4 Å². The van der Waals surface area contributed by atoms with Gasteiger partial charge in [-0.1, -0.05) is 12.1 Å². The summed E-state index contributed by atoms with van der Waals surface area (Å²) in [6, 6.07) is 7.56. The number of amides is 3. The van der Waals surface area contributed by atoms with Gasteiger partial charge in [-0.05, 0) is 28.1 Å². The lowest BCUT2D eigenvalue weighted by molar-refractivity contribution is -0.117. The molecule has 1 aromatic carbocycles. The largest absolute Gasteiger partial charge is 0.368 e. The molecular formula is C18H17BrN6O3. The van der Waals surface area contributed by atoms with Crippen molar-refractivity contribution in [1.82, 2.24) is 25.4 Å². The summed E-state index contributed by atoms with van der Waals surface area (Å²) in [5.74, 6) is -1.29. The third-order valence-corrected chi connectivity index (χ3v) is 5.36. The monoisotopic (exact) mass is 444 g/mol. The number of carbonyl (C=O) groups excluding carboxylic acids is 3. The summed E-state index contributed by atoms with van der Waals surface area (Å²) in [5, 5.41) is 10.3. The van der Waals surface area contributed by atoms with E-state index < -0.39 is 11.8 Å². The van der Waals surface area contributed by atoms with Gasteiger partial charge in [0.1, 0.15) is 5.69 Å². The van der Waals surface area contributed by atoms with Gasteiger partial charge in [0.25, 0.3) is 11.8 Å². The first-order chi connectivity index (χ1) is 13.4. The molecule has 5 N–H and O–H groups in total. The van der Waals surface area contributed by atoms with Crippen LogP contribution in [-0.2, 0) is 17.8 Å². The van der Waals surface area contributed by atoms with Crippen molar-refractivity contribution in [2.75, 3.05) is 13.1 Å². The molecule has 0 bridgehead atoms. The summed E-state index contributed by atoms with van der Waals surface area (Å²) in [5.41, 5.74) is 8.04. The van der Waals surface area contributed by atoms with Crippen molar-refractivity contribution in [2.24, 2.45) is 5.73 Å². The molecule has 0 saturated carbocycles. The number of fused-ring (bicyclic) bond motifs is 2. The summed E-state index contributed by atoms with van der Waals surface area (Å²) >= 11 is 3.48. The molecule has 0 spiro atoms. The third kappa shape index (κ3) is 3.26. The second kappa shape index (κ2) is 7.12. The molecule has 3 amide bonds. The molecule has 4 rings (SSSR count). The van der Waals surface area contributed by atoms with Crippen LogP contribution in [0.1, 0.15) is 32.2 Å². The minimum Gasteiger partial charge on any atom is -0.368 e. The van der Waals surface area contributed by atoms with Crippen LogP contribution >= 0.6 is 15.9 Å². The van der Waals surface area contributed by atoms with Crippen LogP contribution in [0.4, 0.5) is 0 Å². The van der Waals surface area contributed by atoms with Gasteiger partial charge < -0.3 is 20.9 Å². The average molecular weight is 445 g/mol. The fourth-order valence-electron chi connectivity index (χ4n) is 3.31. The SMILES string of the molecule is NC(=O)CNC(=O)c1n[nH]c2c1CN(C(=O)c1cc3cccc(Br)c3[nH]1)CC2. The summed E-state index contributed by atoms with van der Waals surface area (Å²) in [6.45, 7) is 0.487. The predicted molar refractivity (Wildman–Crippen MR) is 105 cm³/mol. The number of nitrogens with zero attached hydrogens (tertiary/aromatic N) is 2. The quantitative estimate of drug-likeness (QED) is 0.478. The zero-order chi connectivity index (χ0) is 19.8. The fraction of sp³-hybridized carbons (Fsp3) is 0.222. The van der Waals surface area contributed by atoms with Gasteiger partial charge in [0, 0.05) is 34.1 Å². The van der Waals surface area contributed by atoms with Crippen LogP contribution in [0.15, 0.2) is 28.7 Å². The number of hydrogen-bond donors (Lipinski definition) is 4. The molecule has 1 aliphatic heterocycles. The Morgan fingerprint density at radius 2 is 2.14 bits per heavy atom. The van der Waals surface area contributed by atoms with Crippen LogP contribution in [0.3, 0.4) is 0 Å². The number of para-hydroxylation sites is 1. The van der Waals surface area contributed by atoms with E-state index in [1.54, 1.807) is 4.90 Å². The predicted octanol–water partition coefficient (Wildman–Crippen LogP) is 1.07. The van der Waals surface area contributed by atoms with Crippen molar-refractivity contribution in [1.29, 1.82) is 0 Å². The molecule has 0 unspecified atom stereocenters. The smallest absolute Gasteiger partial charge is 0.272 e. The zero-order valence-electron chi connectivity index (χ0n) is 14.7. The molecule has 3 aromatic rings. The van der Waals surface area contributed by atoms with Crippen LogP contribution < -0.4 is 11.1 Å². The highest BCUT2D eigenvalue weighted by Crippen LogP contribution is 2.26. The standard InChI is InChI=1S/C18H17BrN6O3/c19-11-3-1-2-9-6-13(22-15(9)11)18(28)25-5-4-12-10(8-25)16(24-23-12)17(27)21-7-14(20)26/h1-3,6,22H,4-5,7-8H2,(H2,20,26)(H,21,27)(H,23,24). The number of H-pyrrole nitrogens is 2. The van der Waals surface area contributed by atoms with Crippen molar-refractivity contribution in [3.63, 3.8) is 0 Å². The van der Waals surface area contributed by atoms with Gasteiger partial charge in [-0.2, -0.15) is 5.10 Å². The maximum absolute atomic E-state index is 13.0. The second-order valence-electron chi connectivity index (χ2n) is 6.54. The minimum atomic E-state index is -0.639. The Labute approximate surface area is 167 Å². The van der Waals surface area contributed by atoms with Gasteiger partial charge >= 0.3 is 0 Å². The second-order valence-corrected chi connectivity index (χ2v) is 7.40. The molecule has 10 heteroatoms. The molecule has 144 valence electrons. The van der Waals surface area contributed by atoms with Crippen LogP contribution in [0.25, 0.3) is 10.9 Å². The Morgan fingerprint density at radius 3 is 2.89 bits per heavy atom. The molecule has 0 atom stereocenters. The average Bonchev–Trinajstić information content (AvgIpc) is 3.30. The van der Waals surface area contributed by atoms with E-state index >= 15 is 0 Å². The molecule has 3 heterocycles. The zero-order valence-corrected chi connectivity index (χ0v) is 16.3. The molecule has 28 heavy (non-hydrogen) atoms. The Hall–Kier alpha value is -3.14. The number of primary amides is 1. The summed E-state index contributed by atoms with van der Waals surface area (Å²) in [4.78, 5) is 41.0. The highest BCUT2D eigenvalue weighted by Gasteiger charge is 2.29. The lowest BCUT2D eigenvalue weighted by Gasteiger charge is -2.26. The van der Waals surface area contributed by atoms with Gasteiger partial charge in [-0.25, -0.2) is 0 Å². The Bertz CT molecular complexity index is 1100. The van der Waals surface area contributed by atoms with Crippen LogP contribution in [-0.4, -0.2) is 50.9 Å². The van der Waals surface area contributed by atoms with Gasteiger partial charge in [0.15, 0.2) is 5.69 Å². The fourth-order valence-corrected chi connectivity index (χ4v) is 3.79. The van der Waals surface area contributed by atoms with E-state index in [1.165, 1.54) is 0 Å². The first-order valence-corrected chi connectivity index (χ1v) is 9.42. The normalized spacial score (nSPS) is 13.4. The first kappa shape index (κ1) is 18.2. The van der Waals surface area contributed by atoms with Crippen molar-refractivity contribution in [3.05, 3.63) is 51.4 Å². The molecule has 0 aliphatic carbocycles. The summed E-state index contributed by atoms with van der Waals surface area (Å²) in [6.07, 6.45) is 0.557. The van der Waals surface area contributed by atoms with Crippen LogP contribution in [0, 0.1) is 0 Å². The molecule has 1 aliphatic rings. The van der Waals surface area contributed by atoms with Crippen LogP contribution in [0.5, 0.6) is 0 Å². The highest BCUT2D eigenvalue weighted by molar-refractivity contribution is 9.10. The molecular weight excluding hydrogens is 428 g/mol. The van der Waals surface area contributed by atoms with Gasteiger partial charge in [0.05, 0.1) is 18.6 Å². The van der Waals surface area contributed by atoms with Crippen molar-refractivity contribution in [3.8, 4) is 0 Å². The van der Waals surface area contributed by atoms with E-state index in [4.69, 9.17) is 5.73 Å². The number of aromatic nitrogens is 3. The minimum absolute atomic E-state index is 0.154. The number of rotatable bonds is 4. The van der Waals surface area contributed by atoms with Crippen molar-refractivity contribution in [2.45, 2.75) is 13.0 Å². The van der Waals surface area contributed by atoms with E-state index in [0.717, 1.165) is 21.1 Å². The molecule has 0 saturated heterocycles. The lowest BCUT2D eigenvalue weighted by atomic mass is 10.0. The number of hydrogen-bond acceptors (Lipinski definition) is 4.